The number of sulfonamides is 1. The molecule has 150 valence electrons. The third-order valence-electron chi connectivity index (χ3n) is 4.91. The Labute approximate surface area is 163 Å². The van der Waals surface area contributed by atoms with E-state index in [1.54, 1.807) is 0 Å². The molecule has 0 spiro atoms. The number of morpholine rings is 1. The summed E-state index contributed by atoms with van der Waals surface area (Å²) in [4.78, 5) is 12.5. The Hall–Kier alpha value is -1.16. The van der Waals surface area contributed by atoms with Crippen molar-refractivity contribution in [1.82, 2.24) is 9.62 Å². The van der Waals surface area contributed by atoms with Crippen LogP contribution in [0.5, 0.6) is 0 Å². The number of hydrogen-bond acceptors (Lipinski definition) is 5. The summed E-state index contributed by atoms with van der Waals surface area (Å²) in [5, 5.41) is 3.37. The Bertz CT molecular complexity index is 782. The van der Waals surface area contributed by atoms with Gasteiger partial charge < -0.3 is 10.1 Å². The van der Waals surface area contributed by atoms with E-state index in [-0.39, 0.29) is 29.6 Å². The average Bonchev–Trinajstić information content (AvgIpc) is 3.10. The molecule has 3 rings (SSSR count). The van der Waals surface area contributed by atoms with Crippen LogP contribution in [0.2, 0.25) is 0 Å². The number of hydrogen-bond donors (Lipinski definition) is 1. The smallest absolute Gasteiger partial charge is 0.254 e. The van der Waals surface area contributed by atoms with Crippen LogP contribution in [-0.2, 0) is 14.8 Å². The predicted octanol–water partition coefficient (Wildman–Crippen LogP) is 2.25. The summed E-state index contributed by atoms with van der Waals surface area (Å²) in [6.07, 6.45) is 2.74. The second-order valence-corrected chi connectivity index (χ2v) is 10.2. The van der Waals surface area contributed by atoms with Crippen molar-refractivity contribution in [3.63, 3.8) is 0 Å². The van der Waals surface area contributed by atoms with Crippen LogP contribution >= 0.6 is 11.8 Å². The van der Waals surface area contributed by atoms with Gasteiger partial charge in [0, 0.05) is 24.4 Å². The van der Waals surface area contributed by atoms with Crippen LogP contribution in [0.1, 0.15) is 36.5 Å². The molecule has 6 nitrogen and oxygen atoms in total. The molecule has 0 radical (unpaired) electrons. The molecular formula is C18H25FN2O4S2. The standard InChI is InChI=1S/C18H25FN2O4S2/c1-2-26-14-4-3-13(11-14)20-18(22)16-12-15(5-6-17(16)19)27(23,24)21-7-9-25-10-8-21/h5-6,12-14H,2-4,7-11H2,1H3,(H,20,22)/t13-,14-/m0/s1. The molecule has 1 heterocycles. The number of carbonyl (C=O) groups excluding carboxylic acids is 1. The van der Waals surface area contributed by atoms with E-state index < -0.39 is 21.7 Å². The Morgan fingerprint density at radius 1 is 1.33 bits per heavy atom. The maximum atomic E-state index is 14.2. The summed E-state index contributed by atoms with van der Waals surface area (Å²) in [6, 6.07) is 3.40. The van der Waals surface area contributed by atoms with E-state index in [0.717, 1.165) is 37.1 Å². The third kappa shape index (κ3) is 4.82. The highest BCUT2D eigenvalue weighted by Crippen LogP contribution is 2.30. The Balaban J connectivity index is 1.74. The summed E-state index contributed by atoms with van der Waals surface area (Å²) >= 11 is 1.87. The summed E-state index contributed by atoms with van der Waals surface area (Å²) in [5.41, 5.74) is -0.226. The normalized spacial score (nSPS) is 24.1. The largest absolute Gasteiger partial charge is 0.379 e. The molecule has 0 unspecified atom stereocenters. The van der Waals surface area contributed by atoms with E-state index in [9.17, 15) is 17.6 Å². The molecule has 1 aliphatic heterocycles. The lowest BCUT2D eigenvalue weighted by Crippen LogP contribution is -2.40. The lowest BCUT2D eigenvalue weighted by molar-refractivity contribution is 0.0730. The zero-order chi connectivity index (χ0) is 19.4. The molecule has 27 heavy (non-hydrogen) atoms. The SMILES string of the molecule is CCS[C@H]1CC[C@H](NC(=O)c2cc(S(=O)(=O)N3CCOCC3)ccc2F)C1. The molecule has 1 aromatic rings. The fourth-order valence-electron chi connectivity index (χ4n) is 3.50. The molecule has 1 amide bonds. The maximum absolute atomic E-state index is 14.2. The van der Waals surface area contributed by atoms with Crippen molar-refractivity contribution >= 4 is 27.7 Å². The molecule has 2 fully saturated rings. The van der Waals surface area contributed by atoms with Crippen molar-refractivity contribution in [2.24, 2.45) is 0 Å². The van der Waals surface area contributed by atoms with Gasteiger partial charge in [-0.3, -0.25) is 4.79 Å². The minimum absolute atomic E-state index is 0.000423. The molecule has 0 aromatic heterocycles. The van der Waals surface area contributed by atoms with Gasteiger partial charge in [0.1, 0.15) is 5.82 Å². The number of nitrogens with one attached hydrogen (secondary N) is 1. The van der Waals surface area contributed by atoms with Crippen LogP contribution in [0, 0.1) is 5.82 Å². The number of amides is 1. The van der Waals surface area contributed by atoms with E-state index in [2.05, 4.69) is 12.2 Å². The minimum Gasteiger partial charge on any atom is -0.379 e. The molecule has 1 aliphatic carbocycles. The first kappa shape index (κ1) is 20.6. The van der Waals surface area contributed by atoms with Gasteiger partial charge in [-0.05, 0) is 43.2 Å². The van der Waals surface area contributed by atoms with Gasteiger partial charge in [0.25, 0.3) is 5.91 Å². The van der Waals surface area contributed by atoms with E-state index in [1.165, 1.54) is 10.4 Å². The van der Waals surface area contributed by atoms with Gasteiger partial charge in [0.05, 0.1) is 23.7 Å². The van der Waals surface area contributed by atoms with Gasteiger partial charge in [0.15, 0.2) is 0 Å². The summed E-state index contributed by atoms with van der Waals surface area (Å²) in [6.45, 7) is 3.25. The van der Waals surface area contributed by atoms with Crippen LogP contribution in [-0.4, -0.2) is 62.0 Å². The third-order valence-corrected chi connectivity index (χ3v) is 8.04. The van der Waals surface area contributed by atoms with Crippen LogP contribution in [0.3, 0.4) is 0 Å². The predicted molar refractivity (Wildman–Crippen MR) is 103 cm³/mol. The molecule has 0 bridgehead atoms. The Morgan fingerprint density at radius 3 is 2.78 bits per heavy atom. The van der Waals surface area contributed by atoms with Gasteiger partial charge in [-0.15, -0.1) is 0 Å². The molecule has 1 aromatic carbocycles. The lowest BCUT2D eigenvalue weighted by atomic mass is 10.1. The number of benzene rings is 1. The minimum atomic E-state index is -3.77. The van der Waals surface area contributed by atoms with Gasteiger partial charge in [-0.1, -0.05) is 6.92 Å². The van der Waals surface area contributed by atoms with Crippen molar-refractivity contribution < 1.29 is 22.3 Å². The first-order valence-electron chi connectivity index (χ1n) is 9.21. The number of nitrogens with zero attached hydrogens (tertiary/aromatic N) is 1. The number of halogens is 1. The van der Waals surface area contributed by atoms with Crippen LogP contribution in [0.4, 0.5) is 4.39 Å². The first-order valence-corrected chi connectivity index (χ1v) is 11.7. The molecule has 2 atom stereocenters. The lowest BCUT2D eigenvalue weighted by Gasteiger charge is -2.26. The zero-order valence-electron chi connectivity index (χ0n) is 15.3. The van der Waals surface area contributed by atoms with Gasteiger partial charge in [-0.25, -0.2) is 12.8 Å². The van der Waals surface area contributed by atoms with Crippen molar-refractivity contribution in [2.75, 3.05) is 32.1 Å². The number of carbonyl (C=O) groups is 1. The second-order valence-electron chi connectivity index (χ2n) is 6.72. The number of rotatable bonds is 6. The summed E-state index contributed by atoms with van der Waals surface area (Å²) in [7, 11) is -3.77. The number of ether oxygens (including phenoxy) is 1. The average molecular weight is 417 g/mol. The molecule has 2 aliphatic rings. The quantitative estimate of drug-likeness (QED) is 0.770. The maximum Gasteiger partial charge on any atom is 0.254 e. The van der Waals surface area contributed by atoms with Crippen molar-refractivity contribution in [3.8, 4) is 0 Å². The zero-order valence-corrected chi connectivity index (χ0v) is 17.0. The van der Waals surface area contributed by atoms with E-state index in [1.807, 2.05) is 11.8 Å². The van der Waals surface area contributed by atoms with Crippen LogP contribution in [0.25, 0.3) is 0 Å². The fraction of sp³-hybridized carbons (Fsp3) is 0.611. The van der Waals surface area contributed by atoms with Gasteiger partial charge >= 0.3 is 0 Å². The molecular weight excluding hydrogens is 391 g/mol. The highest BCUT2D eigenvalue weighted by Gasteiger charge is 2.30. The fourth-order valence-corrected chi connectivity index (χ4v) is 6.07. The monoisotopic (exact) mass is 416 g/mol. The number of thioether (sulfide) groups is 1. The Morgan fingerprint density at radius 2 is 2.07 bits per heavy atom. The molecule has 1 N–H and O–H groups in total. The Kier molecular flexibility index (Phi) is 6.78. The second kappa shape index (κ2) is 8.89. The topological polar surface area (TPSA) is 75.7 Å². The van der Waals surface area contributed by atoms with E-state index >= 15 is 0 Å². The molecule has 1 saturated heterocycles. The van der Waals surface area contributed by atoms with Crippen LogP contribution in [0.15, 0.2) is 23.1 Å². The van der Waals surface area contributed by atoms with Gasteiger partial charge in [0.2, 0.25) is 10.0 Å². The van der Waals surface area contributed by atoms with E-state index in [4.69, 9.17) is 4.74 Å². The van der Waals surface area contributed by atoms with Crippen molar-refractivity contribution in [3.05, 3.63) is 29.6 Å². The van der Waals surface area contributed by atoms with Crippen LogP contribution < -0.4 is 5.32 Å². The molecule has 9 heteroatoms. The highest BCUT2D eigenvalue weighted by molar-refractivity contribution is 7.99. The molecule has 1 saturated carbocycles. The first-order chi connectivity index (χ1) is 12.9. The van der Waals surface area contributed by atoms with Gasteiger partial charge in [-0.2, -0.15) is 16.1 Å². The highest BCUT2D eigenvalue weighted by atomic mass is 32.2. The summed E-state index contributed by atoms with van der Waals surface area (Å²) < 4.78 is 46.2. The van der Waals surface area contributed by atoms with Crippen molar-refractivity contribution in [1.29, 1.82) is 0 Å². The van der Waals surface area contributed by atoms with Crippen molar-refractivity contribution in [2.45, 2.75) is 42.4 Å². The summed E-state index contributed by atoms with van der Waals surface area (Å²) in [5.74, 6) is -0.244. The van der Waals surface area contributed by atoms with E-state index in [0.29, 0.717) is 18.5 Å².